The van der Waals surface area contributed by atoms with E-state index in [-0.39, 0.29) is 0 Å². The summed E-state index contributed by atoms with van der Waals surface area (Å²) in [4.78, 5) is 0. The third-order valence-corrected chi connectivity index (χ3v) is 2.97. The fourth-order valence-electron chi connectivity index (χ4n) is 1.36. The summed E-state index contributed by atoms with van der Waals surface area (Å²) in [7, 11) is 1.74. The van der Waals surface area contributed by atoms with E-state index in [4.69, 9.17) is 4.74 Å². The van der Waals surface area contributed by atoms with E-state index in [0.717, 1.165) is 25.6 Å². The summed E-state index contributed by atoms with van der Waals surface area (Å²) >= 11 is 1.95. The zero-order chi connectivity index (χ0) is 10.6. The van der Waals surface area contributed by atoms with Crippen LogP contribution in [0.15, 0.2) is 0 Å². The van der Waals surface area contributed by atoms with Crippen molar-refractivity contribution >= 4 is 11.8 Å². The number of hydrogen-bond acceptors (Lipinski definition) is 3. The number of thioether (sulfide) groups is 1. The van der Waals surface area contributed by atoms with Gasteiger partial charge in [-0.25, -0.2) is 0 Å². The van der Waals surface area contributed by atoms with Gasteiger partial charge in [0, 0.05) is 13.7 Å². The predicted octanol–water partition coefficient (Wildman–Crippen LogP) is 2.39. The minimum Gasteiger partial charge on any atom is -0.383 e. The van der Waals surface area contributed by atoms with Crippen molar-refractivity contribution in [3.05, 3.63) is 0 Å². The maximum absolute atomic E-state index is 4.97. The number of ether oxygens (including phenoxy) is 1. The van der Waals surface area contributed by atoms with Crippen LogP contribution in [0, 0.1) is 5.92 Å². The molecule has 0 rings (SSSR count). The maximum atomic E-state index is 4.97. The highest BCUT2D eigenvalue weighted by Gasteiger charge is 2.00. The molecule has 1 N–H and O–H groups in total. The smallest absolute Gasteiger partial charge is 0.0587 e. The van der Waals surface area contributed by atoms with Gasteiger partial charge >= 0.3 is 0 Å². The standard InChI is InChI=1S/C11H25NOS/c1-11(6-4-5-9-14-3)10-12-7-8-13-2/h11-12H,4-10H2,1-3H3. The molecule has 0 amide bonds. The molecule has 0 aliphatic heterocycles. The molecule has 14 heavy (non-hydrogen) atoms. The highest BCUT2D eigenvalue weighted by molar-refractivity contribution is 7.98. The minimum atomic E-state index is 0.800. The Morgan fingerprint density at radius 3 is 2.79 bits per heavy atom. The summed E-state index contributed by atoms with van der Waals surface area (Å²) in [5.41, 5.74) is 0. The zero-order valence-corrected chi connectivity index (χ0v) is 10.7. The number of nitrogens with one attached hydrogen (secondary N) is 1. The molecule has 1 unspecified atom stereocenters. The van der Waals surface area contributed by atoms with E-state index in [1.807, 2.05) is 11.8 Å². The molecule has 1 atom stereocenters. The SMILES string of the molecule is COCCNCC(C)CCCCSC. The molecule has 0 aromatic heterocycles. The highest BCUT2D eigenvalue weighted by Crippen LogP contribution is 2.08. The van der Waals surface area contributed by atoms with Crippen LogP contribution in [0.1, 0.15) is 26.2 Å². The van der Waals surface area contributed by atoms with Gasteiger partial charge in [-0.1, -0.05) is 13.3 Å². The van der Waals surface area contributed by atoms with Crippen LogP contribution in [0.3, 0.4) is 0 Å². The first-order chi connectivity index (χ1) is 6.81. The molecule has 0 bridgehead atoms. The lowest BCUT2D eigenvalue weighted by molar-refractivity contribution is 0.198. The highest BCUT2D eigenvalue weighted by atomic mass is 32.2. The molecule has 0 radical (unpaired) electrons. The van der Waals surface area contributed by atoms with Crippen molar-refractivity contribution < 1.29 is 4.74 Å². The lowest BCUT2D eigenvalue weighted by Crippen LogP contribution is -2.24. The Labute approximate surface area is 93.2 Å². The summed E-state index contributed by atoms with van der Waals surface area (Å²) in [6.07, 6.45) is 6.26. The van der Waals surface area contributed by atoms with Gasteiger partial charge in [-0.15, -0.1) is 0 Å². The van der Waals surface area contributed by atoms with Gasteiger partial charge < -0.3 is 10.1 Å². The molecule has 2 nitrogen and oxygen atoms in total. The van der Waals surface area contributed by atoms with E-state index >= 15 is 0 Å². The molecule has 0 saturated heterocycles. The molecule has 0 aromatic rings. The quantitative estimate of drug-likeness (QED) is 0.570. The van der Waals surface area contributed by atoms with E-state index < -0.39 is 0 Å². The normalized spacial score (nSPS) is 13.1. The second-order valence-electron chi connectivity index (χ2n) is 3.79. The van der Waals surface area contributed by atoms with Crippen molar-refractivity contribution in [2.45, 2.75) is 26.2 Å². The van der Waals surface area contributed by atoms with Crippen LogP contribution in [0.4, 0.5) is 0 Å². The molecule has 0 saturated carbocycles. The Bertz CT molecular complexity index is 99.5. The lowest BCUT2D eigenvalue weighted by Gasteiger charge is -2.11. The van der Waals surface area contributed by atoms with Crippen LogP contribution in [-0.4, -0.2) is 38.8 Å². The fourth-order valence-corrected chi connectivity index (χ4v) is 1.86. The maximum Gasteiger partial charge on any atom is 0.0587 e. The lowest BCUT2D eigenvalue weighted by atomic mass is 10.0. The number of methoxy groups -OCH3 is 1. The average molecular weight is 219 g/mol. The van der Waals surface area contributed by atoms with Crippen LogP contribution in [0.5, 0.6) is 0 Å². The van der Waals surface area contributed by atoms with Crippen molar-refractivity contribution in [3.63, 3.8) is 0 Å². The topological polar surface area (TPSA) is 21.3 Å². The second-order valence-corrected chi connectivity index (χ2v) is 4.78. The number of unbranched alkanes of at least 4 members (excludes halogenated alkanes) is 1. The fraction of sp³-hybridized carbons (Fsp3) is 1.00. The molecular weight excluding hydrogens is 194 g/mol. The molecule has 3 heteroatoms. The van der Waals surface area contributed by atoms with Crippen LogP contribution >= 0.6 is 11.8 Å². The first kappa shape index (κ1) is 14.3. The Kier molecular flexibility index (Phi) is 11.6. The van der Waals surface area contributed by atoms with Crippen molar-refractivity contribution in [2.24, 2.45) is 5.92 Å². The van der Waals surface area contributed by atoms with E-state index in [9.17, 15) is 0 Å². The van der Waals surface area contributed by atoms with E-state index in [0.29, 0.717) is 0 Å². The van der Waals surface area contributed by atoms with Gasteiger partial charge in [0.25, 0.3) is 0 Å². The summed E-state index contributed by atoms with van der Waals surface area (Å²) in [5, 5.41) is 3.40. The van der Waals surface area contributed by atoms with Crippen molar-refractivity contribution in [2.75, 3.05) is 38.8 Å². The molecule has 86 valence electrons. The van der Waals surface area contributed by atoms with Gasteiger partial charge in [0.05, 0.1) is 6.61 Å². The monoisotopic (exact) mass is 219 g/mol. The first-order valence-electron chi connectivity index (χ1n) is 5.49. The van der Waals surface area contributed by atoms with Crippen LogP contribution < -0.4 is 5.32 Å². The van der Waals surface area contributed by atoms with Gasteiger partial charge in [0.1, 0.15) is 0 Å². The zero-order valence-electron chi connectivity index (χ0n) is 9.84. The second kappa shape index (κ2) is 11.3. The number of hydrogen-bond donors (Lipinski definition) is 1. The largest absolute Gasteiger partial charge is 0.383 e. The molecule has 0 aromatic carbocycles. The van der Waals surface area contributed by atoms with Crippen molar-refractivity contribution in [3.8, 4) is 0 Å². The van der Waals surface area contributed by atoms with Crippen molar-refractivity contribution in [1.29, 1.82) is 0 Å². The molecule has 0 heterocycles. The molecular formula is C11H25NOS. The summed E-state index contributed by atoms with van der Waals surface area (Å²) in [5.74, 6) is 2.11. The molecule has 0 aliphatic rings. The summed E-state index contributed by atoms with van der Waals surface area (Å²) in [6.45, 7) is 5.24. The minimum absolute atomic E-state index is 0.800. The summed E-state index contributed by atoms with van der Waals surface area (Å²) in [6, 6.07) is 0. The van der Waals surface area contributed by atoms with Gasteiger partial charge in [-0.3, -0.25) is 0 Å². The van der Waals surface area contributed by atoms with E-state index in [2.05, 4.69) is 18.5 Å². The van der Waals surface area contributed by atoms with Crippen LogP contribution in [-0.2, 0) is 4.74 Å². The van der Waals surface area contributed by atoms with Gasteiger partial charge in [0.15, 0.2) is 0 Å². The average Bonchev–Trinajstić information content (AvgIpc) is 2.19. The third kappa shape index (κ3) is 10.4. The Morgan fingerprint density at radius 2 is 2.14 bits per heavy atom. The third-order valence-electron chi connectivity index (χ3n) is 2.27. The van der Waals surface area contributed by atoms with E-state index in [1.165, 1.54) is 25.0 Å². The molecule has 0 fully saturated rings. The van der Waals surface area contributed by atoms with Crippen LogP contribution in [0.25, 0.3) is 0 Å². The predicted molar refractivity (Wildman–Crippen MR) is 66.1 cm³/mol. The van der Waals surface area contributed by atoms with Gasteiger partial charge in [-0.05, 0) is 37.3 Å². The Balaban J connectivity index is 3.07. The first-order valence-corrected chi connectivity index (χ1v) is 6.89. The van der Waals surface area contributed by atoms with Crippen LogP contribution in [0.2, 0.25) is 0 Å². The Morgan fingerprint density at radius 1 is 1.36 bits per heavy atom. The van der Waals surface area contributed by atoms with Gasteiger partial charge in [0.2, 0.25) is 0 Å². The van der Waals surface area contributed by atoms with Gasteiger partial charge in [-0.2, -0.15) is 11.8 Å². The molecule has 0 aliphatic carbocycles. The Hall–Kier alpha value is 0.270. The van der Waals surface area contributed by atoms with Crippen molar-refractivity contribution in [1.82, 2.24) is 5.32 Å². The van der Waals surface area contributed by atoms with E-state index in [1.54, 1.807) is 7.11 Å². The summed E-state index contributed by atoms with van der Waals surface area (Å²) < 4.78 is 4.97. The number of rotatable bonds is 10. The molecule has 0 spiro atoms.